The van der Waals surface area contributed by atoms with Crippen molar-refractivity contribution in [3.05, 3.63) is 90.6 Å². The molecule has 4 rings (SSSR count). The molecule has 8 heteroatoms. The number of carbonyl (C=O) groups is 1. The quantitative estimate of drug-likeness (QED) is 0.449. The predicted octanol–water partition coefficient (Wildman–Crippen LogP) is 3.60. The van der Waals surface area contributed by atoms with E-state index in [1.807, 2.05) is 43.3 Å². The van der Waals surface area contributed by atoms with Gasteiger partial charge in [0.05, 0.1) is 36.6 Å². The van der Waals surface area contributed by atoms with Crippen LogP contribution in [0.5, 0.6) is 11.5 Å². The lowest BCUT2D eigenvalue weighted by Gasteiger charge is -2.27. The van der Waals surface area contributed by atoms with Crippen LogP contribution in [0.3, 0.4) is 0 Å². The van der Waals surface area contributed by atoms with Gasteiger partial charge in [0, 0.05) is 5.56 Å². The molecule has 0 saturated carbocycles. The Morgan fingerprint density at radius 1 is 1.11 bits per heavy atom. The van der Waals surface area contributed by atoms with Crippen molar-refractivity contribution in [2.45, 2.75) is 32.7 Å². The molecule has 0 bridgehead atoms. The van der Waals surface area contributed by atoms with Gasteiger partial charge in [0.1, 0.15) is 17.5 Å². The highest BCUT2D eigenvalue weighted by atomic mass is 32.1. The summed E-state index contributed by atoms with van der Waals surface area (Å²) >= 11 is 1.31. The molecule has 0 unspecified atom stereocenters. The summed E-state index contributed by atoms with van der Waals surface area (Å²) < 4.78 is 18.7. The molecule has 182 valence electrons. The first-order valence-corrected chi connectivity index (χ1v) is 12.3. The van der Waals surface area contributed by atoms with Crippen LogP contribution in [0.2, 0.25) is 0 Å². The van der Waals surface area contributed by atoms with E-state index in [1.165, 1.54) is 11.3 Å². The van der Waals surface area contributed by atoms with Crippen molar-refractivity contribution < 1.29 is 19.0 Å². The van der Waals surface area contributed by atoms with Gasteiger partial charge in [0.2, 0.25) is 0 Å². The summed E-state index contributed by atoms with van der Waals surface area (Å²) in [5, 5.41) is 0. The van der Waals surface area contributed by atoms with Gasteiger partial charge in [0.15, 0.2) is 4.80 Å². The Kier molecular flexibility index (Phi) is 7.51. The highest BCUT2D eigenvalue weighted by Crippen LogP contribution is 2.38. The topological polar surface area (TPSA) is 79.1 Å². The molecule has 2 heterocycles. The van der Waals surface area contributed by atoms with Crippen molar-refractivity contribution in [1.82, 2.24) is 4.57 Å². The normalized spacial score (nSPS) is 15.4. The molecule has 0 N–H and O–H groups in total. The average Bonchev–Trinajstić information content (AvgIpc) is 3.18. The van der Waals surface area contributed by atoms with Crippen LogP contribution >= 0.6 is 11.3 Å². The molecule has 0 aliphatic carbocycles. The number of methoxy groups -OCH3 is 2. The molecular weight excluding hydrogens is 464 g/mol. The fourth-order valence-electron chi connectivity index (χ4n) is 4.17. The lowest BCUT2D eigenvalue weighted by molar-refractivity contribution is -0.139. The SMILES string of the molecule is CCCC1=C(C(=O)OCC)[C@H](c2cc(OC)ccc2OC)n2c(s/c(=C\c3ccccc3)c2=O)=N1. The maximum absolute atomic E-state index is 13.8. The van der Waals surface area contributed by atoms with Gasteiger partial charge >= 0.3 is 5.97 Å². The standard InChI is InChI=1S/C27H28N2O5S/c1-5-10-20-23(26(31)34-6-2)24(19-16-18(32-3)13-14-21(19)33-4)29-25(30)22(35-27(29)28-20)15-17-11-8-7-9-12-17/h7-9,11-16,24H,5-6,10H2,1-4H3/b22-15-/t24-/m0/s1. The van der Waals surface area contributed by atoms with Gasteiger partial charge in [0.25, 0.3) is 5.56 Å². The fourth-order valence-corrected chi connectivity index (χ4v) is 5.19. The van der Waals surface area contributed by atoms with E-state index in [0.29, 0.717) is 44.1 Å². The summed E-state index contributed by atoms with van der Waals surface area (Å²) in [4.78, 5) is 32.4. The minimum Gasteiger partial charge on any atom is -0.497 e. The van der Waals surface area contributed by atoms with Gasteiger partial charge in [-0.1, -0.05) is 55.0 Å². The maximum Gasteiger partial charge on any atom is 0.338 e. The van der Waals surface area contributed by atoms with Gasteiger partial charge in [-0.3, -0.25) is 9.36 Å². The second kappa shape index (κ2) is 10.7. The molecule has 0 amide bonds. The summed E-state index contributed by atoms with van der Waals surface area (Å²) in [7, 11) is 3.13. The lowest BCUT2D eigenvalue weighted by Crippen LogP contribution is -2.40. The zero-order valence-electron chi connectivity index (χ0n) is 20.2. The van der Waals surface area contributed by atoms with E-state index in [4.69, 9.17) is 19.2 Å². The maximum atomic E-state index is 13.8. The Morgan fingerprint density at radius 2 is 1.89 bits per heavy atom. The number of carbonyl (C=O) groups excluding carboxylic acids is 1. The third kappa shape index (κ3) is 4.79. The number of nitrogens with zero attached hydrogens (tertiary/aromatic N) is 2. The largest absolute Gasteiger partial charge is 0.497 e. The van der Waals surface area contributed by atoms with Crippen LogP contribution in [-0.2, 0) is 9.53 Å². The molecule has 0 spiro atoms. The van der Waals surface area contributed by atoms with Crippen molar-refractivity contribution in [3.8, 4) is 11.5 Å². The second-order valence-corrected chi connectivity index (χ2v) is 8.94. The third-order valence-electron chi connectivity index (χ3n) is 5.72. The van der Waals surface area contributed by atoms with Crippen LogP contribution in [0.1, 0.15) is 43.9 Å². The van der Waals surface area contributed by atoms with E-state index in [1.54, 1.807) is 43.9 Å². The molecule has 3 aromatic rings. The van der Waals surface area contributed by atoms with E-state index in [0.717, 1.165) is 12.0 Å². The van der Waals surface area contributed by atoms with Crippen molar-refractivity contribution in [2.75, 3.05) is 20.8 Å². The van der Waals surface area contributed by atoms with Crippen molar-refractivity contribution in [3.63, 3.8) is 0 Å². The molecule has 35 heavy (non-hydrogen) atoms. The Balaban J connectivity index is 2.06. The van der Waals surface area contributed by atoms with Crippen LogP contribution < -0.4 is 24.4 Å². The molecule has 1 atom stereocenters. The minimum atomic E-state index is -0.769. The lowest BCUT2D eigenvalue weighted by atomic mass is 9.93. The number of hydrogen-bond donors (Lipinski definition) is 0. The van der Waals surface area contributed by atoms with E-state index < -0.39 is 12.0 Å². The van der Waals surface area contributed by atoms with Crippen molar-refractivity contribution in [1.29, 1.82) is 0 Å². The highest BCUT2D eigenvalue weighted by Gasteiger charge is 2.36. The fraction of sp³-hybridized carbons (Fsp3) is 0.296. The summed E-state index contributed by atoms with van der Waals surface area (Å²) in [5.41, 5.74) is 2.27. The molecular formula is C27H28N2O5S. The predicted molar refractivity (Wildman–Crippen MR) is 136 cm³/mol. The first-order chi connectivity index (χ1) is 17.0. The van der Waals surface area contributed by atoms with Crippen LogP contribution in [0.4, 0.5) is 0 Å². The monoisotopic (exact) mass is 492 g/mol. The number of thiazole rings is 1. The number of hydrogen-bond acceptors (Lipinski definition) is 7. The Hall–Kier alpha value is -3.65. The average molecular weight is 493 g/mol. The molecule has 0 fully saturated rings. The minimum absolute atomic E-state index is 0.210. The second-order valence-electron chi connectivity index (χ2n) is 7.93. The first-order valence-electron chi connectivity index (χ1n) is 11.5. The van der Waals surface area contributed by atoms with Gasteiger partial charge in [-0.2, -0.15) is 0 Å². The van der Waals surface area contributed by atoms with Gasteiger partial charge in [-0.05, 0) is 43.2 Å². The molecule has 0 saturated heterocycles. The summed E-state index contributed by atoms with van der Waals surface area (Å²) in [6, 6.07) is 14.2. The van der Waals surface area contributed by atoms with Crippen molar-refractivity contribution in [2.24, 2.45) is 4.99 Å². The molecule has 1 aromatic heterocycles. The van der Waals surface area contributed by atoms with E-state index in [2.05, 4.69) is 0 Å². The van der Waals surface area contributed by atoms with Crippen LogP contribution in [-0.4, -0.2) is 31.4 Å². The highest BCUT2D eigenvalue weighted by molar-refractivity contribution is 7.07. The Labute approximate surface area is 207 Å². The van der Waals surface area contributed by atoms with Crippen LogP contribution in [0, 0.1) is 0 Å². The molecule has 2 aromatic carbocycles. The summed E-state index contributed by atoms with van der Waals surface area (Å²) in [6.07, 6.45) is 3.19. The molecule has 1 aliphatic rings. The third-order valence-corrected chi connectivity index (χ3v) is 6.70. The molecule has 7 nitrogen and oxygen atoms in total. The zero-order valence-corrected chi connectivity index (χ0v) is 21.1. The smallest absolute Gasteiger partial charge is 0.338 e. The van der Waals surface area contributed by atoms with Crippen LogP contribution in [0.25, 0.3) is 6.08 Å². The number of ether oxygens (including phenoxy) is 3. The number of rotatable bonds is 8. The zero-order chi connectivity index (χ0) is 24.9. The molecule has 1 aliphatic heterocycles. The van der Waals surface area contributed by atoms with Gasteiger partial charge in [-0.15, -0.1) is 0 Å². The number of esters is 1. The van der Waals surface area contributed by atoms with E-state index >= 15 is 0 Å². The van der Waals surface area contributed by atoms with Gasteiger partial charge < -0.3 is 14.2 Å². The van der Waals surface area contributed by atoms with Crippen molar-refractivity contribution >= 4 is 23.4 Å². The van der Waals surface area contributed by atoms with E-state index in [9.17, 15) is 9.59 Å². The summed E-state index contributed by atoms with van der Waals surface area (Å²) in [5.74, 6) is 0.629. The number of aromatic nitrogens is 1. The Bertz CT molecular complexity index is 1440. The first kappa shape index (κ1) is 24.5. The van der Waals surface area contributed by atoms with Gasteiger partial charge in [-0.25, -0.2) is 9.79 Å². The summed E-state index contributed by atoms with van der Waals surface area (Å²) in [6.45, 7) is 3.99. The van der Waals surface area contributed by atoms with E-state index in [-0.39, 0.29) is 12.2 Å². The number of fused-ring (bicyclic) bond motifs is 1. The number of benzene rings is 2. The number of allylic oxidation sites excluding steroid dienone is 1. The molecule has 0 radical (unpaired) electrons. The van der Waals surface area contributed by atoms with Crippen LogP contribution in [0.15, 0.2) is 69.6 Å². The Morgan fingerprint density at radius 3 is 2.54 bits per heavy atom.